The second kappa shape index (κ2) is 4.81. The number of carbonyl (C=O) groups is 1. The van der Waals surface area contributed by atoms with Gasteiger partial charge in [-0.3, -0.25) is 14.9 Å². The lowest BCUT2D eigenvalue weighted by Gasteiger charge is -2.17. The van der Waals surface area contributed by atoms with Gasteiger partial charge < -0.3 is 4.90 Å². The molecule has 8 heteroatoms. The highest BCUT2D eigenvalue weighted by molar-refractivity contribution is 9.09. The maximum Gasteiger partial charge on any atom is 0.294 e. The summed E-state index contributed by atoms with van der Waals surface area (Å²) in [5.41, 5.74) is -0.551. The van der Waals surface area contributed by atoms with Gasteiger partial charge in [0.05, 0.1) is 4.92 Å². The average Bonchev–Trinajstić information content (AvgIpc) is 2.61. The van der Waals surface area contributed by atoms with Gasteiger partial charge >= 0.3 is 0 Å². The second-order valence-corrected chi connectivity index (χ2v) is 5.46. The summed E-state index contributed by atoms with van der Waals surface area (Å²) >= 11 is 9.00. The van der Waals surface area contributed by atoms with Crippen LogP contribution >= 0.6 is 27.5 Å². The molecule has 1 atom stereocenters. The molecule has 1 saturated heterocycles. The summed E-state index contributed by atoms with van der Waals surface area (Å²) in [7, 11) is 0. The Hall–Kier alpha value is -1.21. The molecule has 1 aliphatic heterocycles. The monoisotopic (exact) mass is 336 g/mol. The molecule has 5 nitrogen and oxygen atoms in total. The second-order valence-electron chi connectivity index (χ2n) is 3.79. The highest BCUT2D eigenvalue weighted by Gasteiger charge is 2.35. The summed E-state index contributed by atoms with van der Waals surface area (Å²) in [5.74, 6) is -1.12. The van der Waals surface area contributed by atoms with Gasteiger partial charge in [-0.05, 0) is 6.07 Å². The summed E-state index contributed by atoms with van der Waals surface area (Å²) in [4.78, 5) is 23.0. The number of halogens is 3. The molecule has 1 aromatic carbocycles. The minimum atomic E-state index is -0.789. The first kappa shape index (κ1) is 13.2. The Labute approximate surface area is 115 Å². The van der Waals surface area contributed by atoms with Crippen LogP contribution in [0.1, 0.15) is 6.42 Å². The van der Waals surface area contributed by atoms with Crippen molar-refractivity contribution in [1.29, 1.82) is 0 Å². The van der Waals surface area contributed by atoms with Crippen molar-refractivity contribution < 1.29 is 14.1 Å². The lowest BCUT2D eigenvalue weighted by atomic mass is 10.2. The number of amides is 1. The van der Waals surface area contributed by atoms with Crippen molar-refractivity contribution in [3.8, 4) is 0 Å². The maximum atomic E-state index is 13.4. The summed E-state index contributed by atoms with van der Waals surface area (Å²) in [5, 5.41) is 10.5. The molecule has 1 amide bonds. The summed E-state index contributed by atoms with van der Waals surface area (Å²) in [6.07, 6.45) is 0.198. The number of nitro groups is 1. The third kappa shape index (κ3) is 2.20. The van der Waals surface area contributed by atoms with E-state index in [0.29, 0.717) is 0 Å². The molecular formula is C10H7BrClFN2O3. The van der Waals surface area contributed by atoms with Gasteiger partial charge in [-0.1, -0.05) is 27.5 Å². The number of rotatable bonds is 2. The van der Waals surface area contributed by atoms with Crippen LogP contribution in [-0.4, -0.2) is 22.2 Å². The molecule has 0 bridgehead atoms. The molecule has 1 heterocycles. The standard InChI is InChI=1S/C10H7BrClFN2O3/c11-5-3-8(16)14(4-5)10-7(15(17)18)2-1-6(13)9(10)12/h1-2,5H,3-4H2. The first-order chi connectivity index (χ1) is 8.41. The Morgan fingerprint density at radius 1 is 1.56 bits per heavy atom. The van der Waals surface area contributed by atoms with E-state index in [9.17, 15) is 19.3 Å². The van der Waals surface area contributed by atoms with Crippen molar-refractivity contribution in [2.75, 3.05) is 11.4 Å². The zero-order valence-corrected chi connectivity index (χ0v) is 11.2. The molecule has 0 saturated carbocycles. The van der Waals surface area contributed by atoms with E-state index in [1.54, 1.807) is 0 Å². The summed E-state index contributed by atoms with van der Waals surface area (Å²) < 4.78 is 13.4. The number of hydrogen-bond acceptors (Lipinski definition) is 3. The fourth-order valence-electron chi connectivity index (χ4n) is 1.81. The van der Waals surface area contributed by atoms with Gasteiger partial charge in [0.2, 0.25) is 5.91 Å². The normalized spacial score (nSPS) is 19.4. The minimum absolute atomic E-state index is 0.121. The highest BCUT2D eigenvalue weighted by atomic mass is 79.9. The Morgan fingerprint density at radius 2 is 2.22 bits per heavy atom. The van der Waals surface area contributed by atoms with Crippen molar-refractivity contribution in [3.05, 3.63) is 33.1 Å². The van der Waals surface area contributed by atoms with Gasteiger partial charge in [0.1, 0.15) is 16.5 Å². The molecule has 0 radical (unpaired) electrons. The first-order valence-corrected chi connectivity index (χ1v) is 6.28. The molecule has 0 aliphatic carbocycles. The van der Waals surface area contributed by atoms with E-state index in [0.717, 1.165) is 17.0 Å². The van der Waals surface area contributed by atoms with Crippen molar-refractivity contribution in [2.24, 2.45) is 0 Å². The fraction of sp³-hybridized carbons (Fsp3) is 0.300. The highest BCUT2D eigenvalue weighted by Crippen LogP contribution is 2.40. The van der Waals surface area contributed by atoms with Crippen LogP contribution in [0.3, 0.4) is 0 Å². The Bertz CT molecular complexity index is 540. The van der Waals surface area contributed by atoms with Crippen LogP contribution in [-0.2, 0) is 4.79 Å². The molecule has 1 fully saturated rings. The van der Waals surface area contributed by atoms with Crippen LogP contribution in [0.4, 0.5) is 15.8 Å². The van der Waals surface area contributed by atoms with Crippen molar-refractivity contribution >= 4 is 44.8 Å². The quantitative estimate of drug-likeness (QED) is 0.473. The van der Waals surface area contributed by atoms with Crippen LogP contribution in [0.5, 0.6) is 0 Å². The van der Waals surface area contributed by atoms with Crippen LogP contribution in [0.15, 0.2) is 12.1 Å². The molecule has 2 rings (SSSR count). The van der Waals surface area contributed by atoms with Crippen molar-refractivity contribution in [3.63, 3.8) is 0 Å². The predicted octanol–water partition coefficient (Wildman–Crippen LogP) is 2.89. The lowest BCUT2D eigenvalue weighted by molar-refractivity contribution is -0.384. The van der Waals surface area contributed by atoms with Gasteiger partial charge in [-0.15, -0.1) is 0 Å². The van der Waals surface area contributed by atoms with E-state index in [1.165, 1.54) is 0 Å². The molecule has 18 heavy (non-hydrogen) atoms. The lowest BCUT2D eigenvalue weighted by Crippen LogP contribution is -2.26. The molecule has 96 valence electrons. The largest absolute Gasteiger partial charge is 0.304 e. The van der Waals surface area contributed by atoms with E-state index in [1.807, 2.05) is 0 Å². The Balaban J connectivity index is 2.58. The smallest absolute Gasteiger partial charge is 0.294 e. The summed E-state index contributed by atoms with van der Waals surface area (Å²) in [6.45, 7) is 0.225. The molecule has 1 aromatic rings. The third-order valence-electron chi connectivity index (χ3n) is 2.59. The van der Waals surface area contributed by atoms with Gasteiger partial charge in [0.25, 0.3) is 5.69 Å². The van der Waals surface area contributed by atoms with E-state index in [-0.39, 0.29) is 35.1 Å². The molecule has 1 unspecified atom stereocenters. The molecule has 0 spiro atoms. The third-order valence-corrected chi connectivity index (χ3v) is 3.57. The number of benzene rings is 1. The van der Waals surface area contributed by atoms with E-state index in [2.05, 4.69) is 15.9 Å². The van der Waals surface area contributed by atoms with E-state index in [4.69, 9.17) is 11.6 Å². The molecular weight excluding hydrogens is 330 g/mol. The molecule has 1 aliphatic rings. The van der Waals surface area contributed by atoms with Gasteiger partial charge in [-0.2, -0.15) is 0 Å². The summed E-state index contributed by atoms with van der Waals surface area (Å²) in [6, 6.07) is 1.92. The predicted molar refractivity (Wildman–Crippen MR) is 67.7 cm³/mol. The van der Waals surface area contributed by atoms with Gasteiger partial charge in [0.15, 0.2) is 0 Å². The van der Waals surface area contributed by atoms with Crippen LogP contribution < -0.4 is 4.90 Å². The molecule has 0 aromatic heterocycles. The topological polar surface area (TPSA) is 63.5 Å². The van der Waals surface area contributed by atoms with Gasteiger partial charge in [0, 0.05) is 23.9 Å². The maximum absolute atomic E-state index is 13.4. The van der Waals surface area contributed by atoms with Crippen molar-refractivity contribution in [2.45, 2.75) is 11.2 Å². The van der Waals surface area contributed by atoms with Crippen molar-refractivity contribution in [1.82, 2.24) is 0 Å². The zero-order valence-electron chi connectivity index (χ0n) is 8.90. The number of alkyl halides is 1. The minimum Gasteiger partial charge on any atom is -0.304 e. The zero-order chi connectivity index (χ0) is 13.4. The first-order valence-electron chi connectivity index (χ1n) is 4.98. The Kier molecular flexibility index (Phi) is 3.54. The average molecular weight is 338 g/mol. The number of anilines is 1. The molecule has 0 N–H and O–H groups in total. The SMILES string of the molecule is O=C1CC(Br)CN1c1c([N+](=O)[O-])ccc(F)c1Cl. The number of nitrogens with zero attached hydrogens (tertiary/aromatic N) is 2. The fourth-order valence-corrected chi connectivity index (χ4v) is 2.64. The Morgan fingerprint density at radius 3 is 2.72 bits per heavy atom. The van der Waals surface area contributed by atoms with E-state index < -0.39 is 15.8 Å². The van der Waals surface area contributed by atoms with E-state index >= 15 is 0 Å². The van der Waals surface area contributed by atoms with Gasteiger partial charge in [-0.25, -0.2) is 4.39 Å². The van der Waals surface area contributed by atoms with Crippen LogP contribution in [0.2, 0.25) is 5.02 Å². The van der Waals surface area contributed by atoms with Crippen LogP contribution in [0, 0.1) is 15.9 Å². The van der Waals surface area contributed by atoms with Crippen LogP contribution in [0.25, 0.3) is 0 Å². The number of hydrogen-bond donors (Lipinski definition) is 0. The number of nitro benzene ring substituents is 1. The number of carbonyl (C=O) groups excluding carboxylic acids is 1.